The van der Waals surface area contributed by atoms with Crippen molar-refractivity contribution in [3.63, 3.8) is 0 Å². The van der Waals surface area contributed by atoms with Crippen LogP contribution in [-0.2, 0) is 17.7 Å². The molecule has 1 unspecified atom stereocenters. The molecule has 0 saturated carbocycles. The molecule has 0 spiro atoms. The largest absolute Gasteiger partial charge is 0.381 e. The second-order valence-corrected chi connectivity index (χ2v) is 5.92. The predicted molar refractivity (Wildman–Crippen MR) is 88.6 cm³/mol. The molecule has 1 aliphatic rings. The lowest BCUT2D eigenvalue weighted by atomic mass is 10.2. The number of hydrogen-bond donors (Lipinski definition) is 0. The Morgan fingerprint density at radius 1 is 1.25 bits per heavy atom. The highest BCUT2D eigenvalue weighted by Gasteiger charge is 2.31. The van der Waals surface area contributed by atoms with E-state index < -0.39 is 0 Å². The lowest BCUT2D eigenvalue weighted by molar-refractivity contribution is 0.0628. The van der Waals surface area contributed by atoms with Crippen molar-refractivity contribution in [1.29, 1.82) is 0 Å². The molecule has 1 aliphatic heterocycles. The third-order valence-electron chi connectivity index (χ3n) is 4.34. The minimum absolute atomic E-state index is 0.0878. The van der Waals surface area contributed by atoms with Crippen molar-refractivity contribution in [1.82, 2.24) is 24.4 Å². The number of hydrogen-bond acceptors (Lipinski definition) is 5. The number of carbonyl (C=O) groups excluding carboxylic acids is 1. The number of nitrogens with zero attached hydrogens (tertiary/aromatic N) is 5. The third-order valence-corrected chi connectivity index (χ3v) is 4.34. The first-order valence-corrected chi connectivity index (χ1v) is 8.33. The summed E-state index contributed by atoms with van der Waals surface area (Å²) in [4.78, 5) is 27.4. The van der Waals surface area contributed by atoms with E-state index in [0.29, 0.717) is 18.8 Å². The molecule has 3 heterocycles. The van der Waals surface area contributed by atoms with Gasteiger partial charge in [0, 0.05) is 44.2 Å². The lowest BCUT2D eigenvalue weighted by Crippen LogP contribution is -2.42. The molecule has 2 aromatic rings. The van der Waals surface area contributed by atoms with Gasteiger partial charge in [0.2, 0.25) is 0 Å². The molecule has 0 aromatic carbocycles. The first kappa shape index (κ1) is 16.6. The summed E-state index contributed by atoms with van der Waals surface area (Å²) in [6.07, 6.45) is 5.89. The Balaban J connectivity index is 1.76. The quantitative estimate of drug-likeness (QED) is 0.782. The molecule has 0 N–H and O–H groups in total. The molecule has 128 valence electrons. The highest BCUT2D eigenvalue weighted by atomic mass is 16.5. The van der Waals surface area contributed by atoms with Gasteiger partial charge >= 0.3 is 0 Å². The minimum atomic E-state index is -0.0971. The number of aryl methyl sites for hydroxylation is 1. The van der Waals surface area contributed by atoms with Gasteiger partial charge in [-0.05, 0) is 20.8 Å². The van der Waals surface area contributed by atoms with Crippen LogP contribution >= 0.6 is 0 Å². The highest BCUT2D eigenvalue weighted by molar-refractivity contribution is 5.92. The van der Waals surface area contributed by atoms with Crippen LogP contribution in [0, 0.1) is 6.92 Å². The van der Waals surface area contributed by atoms with E-state index in [-0.39, 0.29) is 11.9 Å². The highest BCUT2D eigenvalue weighted by Crippen LogP contribution is 2.26. The van der Waals surface area contributed by atoms with Gasteiger partial charge in [-0.2, -0.15) is 0 Å². The molecule has 0 bridgehead atoms. The van der Waals surface area contributed by atoms with Crippen LogP contribution in [0.2, 0.25) is 0 Å². The van der Waals surface area contributed by atoms with Crippen molar-refractivity contribution in [3.05, 3.63) is 41.5 Å². The number of aromatic nitrogens is 4. The Hall–Kier alpha value is -2.28. The number of amides is 1. The Morgan fingerprint density at radius 3 is 2.79 bits per heavy atom. The van der Waals surface area contributed by atoms with Gasteiger partial charge in [0.15, 0.2) is 0 Å². The smallest absolute Gasteiger partial charge is 0.274 e. The number of rotatable bonds is 5. The van der Waals surface area contributed by atoms with Crippen molar-refractivity contribution < 1.29 is 9.53 Å². The van der Waals surface area contributed by atoms with Gasteiger partial charge in [-0.1, -0.05) is 0 Å². The van der Waals surface area contributed by atoms with Crippen molar-refractivity contribution in [3.8, 4) is 0 Å². The van der Waals surface area contributed by atoms with Crippen LogP contribution in [0.1, 0.15) is 47.6 Å². The molecule has 0 fully saturated rings. The summed E-state index contributed by atoms with van der Waals surface area (Å²) in [5, 5.41) is 0. The number of carbonyl (C=O) groups is 1. The van der Waals surface area contributed by atoms with Crippen LogP contribution in [0.25, 0.3) is 0 Å². The average molecular weight is 329 g/mol. The zero-order valence-corrected chi connectivity index (χ0v) is 14.4. The summed E-state index contributed by atoms with van der Waals surface area (Å²) in [5.74, 6) is 0.821. The van der Waals surface area contributed by atoms with Gasteiger partial charge < -0.3 is 14.2 Å². The van der Waals surface area contributed by atoms with Crippen molar-refractivity contribution in [2.24, 2.45) is 0 Å². The number of ether oxygens (including phenoxy) is 1. The minimum Gasteiger partial charge on any atom is -0.381 e. The standard InChI is InChI=1S/C17H23N5O2/c1-4-24-8-5-14-10-20-16-13(3)21(6-7-22(14)16)17(23)15-11-18-12(2)9-19-15/h9-11,13H,4-8H2,1-3H3. The first-order chi connectivity index (χ1) is 11.6. The summed E-state index contributed by atoms with van der Waals surface area (Å²) in [6.45, 7) is 8.64. The van der Waals surface area contributed by atoms with Crippen LogP contribution in [0.5, 0.6) is 0 Å². The molecule has 24 heavy (non-hydrogen) atoms. The Labute approximate surface area is 141 Å². The maximum absolute atomic E-state index is 12.7. The Kier molecular flexibility index (Phi) is 4.89. The van der Waals surface area contributed by atoms with E-state index in [0.717, 1.165) is 36.8 Å². The van der Waals surface area contributed by atoms with E-state index in [4.69, 9.17) is 4.74 Å². The van der Waals surface area contributed by atoms with Gasteiger partial charge in [-0.25, -0.2) is 9.97 Å². The Bertz CT molecular complexity index is 710. The molecule has 3 rings (SSSR count). The van der Waals surface area contributed by atoms with Crippen LogP contribution in [0.3, 0.4) is 0 Å². The zero-order valence-electron chi connectivity index (χ0n) is 14.4. The Morgan fingerprint density at radius 2 is 2.08 bits per heavy atom. The molecule has 7 heteroatoms. The van der Waals surface area contributed by atoms with Crippen LogP contribution in [0.4, 0.5) is 0 Å². The molecule has 2 aromatic heterocycles. The van der Waals surface area contributed by atoms with Crippen molar-refractivity contribution in [2.45, 2.75) is 39.8 Å². The maximum Gasteiger partial charge on any atom is 0.274 e. The van der Waals surface area contributed by atoms with E-state index in [1.54, 1.807) is 12.4 Å². The van der Waals surface area contributed by atoms with E-state index in [2.05, 4.69) is 19.5 Å². The normalized spacial score (nSPS) is 17.0. The van der Waals surface area contributed by atoms with Crippen molar-refractivity contribution in [2.75, 3.05) is 19.8 Å². The average Bonchev–Trinajstić information content (AvgIpc) is 3.00. The van der Waals surface area contributed by atoms with Crippen LogP contribution in [-0.4, -0.2) is 50.1 Å². The molecule has 0 saturated heterocycles. The summed E-state index contributed by atoms with van der Waals surface area (Å²) < 4.78 is 7.63. The summed E-state index contributed by atoms with van der Waals surface area (Å²) >= 11 is 0. The molecular formula is C17H23N5O2. The fraction of sp³-hybridized carbons (Fsp3) is 0.529. The second-order valence-electron chi connectivity index (χ2n) is 5.92. The van der Waals surface area contributed by atoms with Crippen LogP contribution < -0.4 is 0 Å². The number of imidazole rings is 1. The van der Waals surface area contributed by atoms with Gasteiger partial charge in [-0.3, -0.25) is 9.78 Å². The monoisotopic (exact) mass is 329 g/mol. The van der Waals surface area contributed by atoms with E-state index in [1.807, 2.05) is 31.9 Å². The van der Waals surface area contributed by atoms with Gasteiger partial charge in [-0.15, -0.1) is 0 Å². The van der Waals surface area contributed by atoms with E-state index in [1.165, 1.54) is 0 Å². The molecule has 7 nitrogen and oxygen atoms in total. The molecule has 0 aliphatic carbocycles. The molecule has 1 amide bonds. The second kappa shape index (κ2) is 7.09. The zero-order chi connectivity index (χ0) is 17.1. The van der Waals surface area contributed by atoms with Gasteiger partial charge in [0.05, 0.1) is 24.5 Å². The third kappa shape index (κ3) is 3.17. The fourth-order valence-electron chi connectivity index (χ4n) is 3.01. The lowest BCUT2D eigenvalue weighted by Gasteiger charge is -2.34. The van der Waals surface area contributed by atoms with Gasteiger partial charge in [0.25, 0.3) is 5.91 Å². The predicted octanol–water partition coefficient (Wildman–Crippen LogP) is 1.78. The molecule has 1 atom stereocenters. The molecular weight excluding hydrogens is 306 g/mol. The fourth-order valence-corrected chi connectivity index (χ4v) is 3.01. The maximum atomic E-state index is 12.7. The number of fused-ring (bicyclic) bond motifs is 1. The van der Waals surface area contributed by atoms with E-state index in [9.17, 15) is 4.79 Å². The summed E-state index contributed by atoms with van der Waals surface area (Å²) in [6, 6.07) is -0.0878. The van der Waals surface area contributed by atoms with E-state index >= 15 is 0 Å². The topological polar surface area (TPSA) is 73.1 Å². The van der Waals surface area contributed by atoms with Gasteiger partial charge in [0.1, 0.15) is 11.5 Å². The summed E-state index contributed by atoms with van der Waals surface area (Å²) in [7, 11) is 0. The molecule has 0 radical (unpaired) electrons. The van der Waals surface area contributed by atoms with Crippen molar-refractivity contribution >= 4 is 5.91 Å². The SMILES string of the molecule is CCOCCc1cnc2n1CCN(C(=O)c1cnc(C)cn1)C2C. The first-order valence-electron chi connectivity index (χ1n) is 8.33. The summed E-state index contributed by atoms with van der Waals surface area (Å²) in [5.41, 5.74) is 2.34. The van der Waals surface area contributed by atoms with Crippen LogP contribution in [0.15, 0.2) is 18.6 Å².